The first-order valence-electron chi connectivity index (χ1n) is 7.96. The second-order valence-corrected chi connectivity index (χ2v) is 6.21. The fourth-order valence-corrected chi connectivity index (χ4v) is 2.84. The topological polar surface area (TPSA) is 39.4 Å². The molecule has 4 rings (SSSR count). The van der Waals surface area contributed by atoms with Gasteiger partial charge in [-0.25, -0.2) is 9.98 Å². The third kappa shape index (κ3) is 2.50. The molecule has 0 fully saturated rings. The second kappa shape index (κ2) is 5.54. The molecule has 0 amide bonds. The lowest BCUT2D eigenvalue weighted by molar-refractivity contribution is 0.292. The Kier molecular flexibility index (Phi) is 3.37. The van der Waals surface area contributed by atoms with Crippen LogP contribution in [0, 0.1) is 5.92 Å². The summed E-state index contributed by atoms with van der Waals surface area (Å²) in [6, 6.07) is 16.6. The van der Waals surface area contributed by atoms with Gasteiger partial charge in [-0.1, -0.05) is 32.0 Å². The first kappa shape index (κ1) is 14.0. The van der Waals surface area contributed by atoms with Crippen LogP contribution in [0.2, 0.25) is 0 Å². The number of benzene rings is 2. The molecule has 116 valence electrons. The number of aromatic nitrogens is 2. The predicted octanol–water partition coefficient (Wildman–Crippen LogP) is 3.83. The normalized spacial score (nSPS) is 17.5. The third-order valence-electron chi connectivity index (χ3n) is 4.27. The van der Waals surface area contributed by atoms with Crippen LogP contribution in [0.3, 0.4) is 0 Å². The van der Waals surface area contributed by atoms with Crippen molar-refractivity contribution in [2.24, 2.45) is 10.9 Å². The standard InChI is InChI=1S/C19H19N3O/c1-13(2)17-11-23-19(21-17)14-6-5-7-15(10-14)22-12-20-16-8-3-4-9-18(16)22/h3-10,12-13,17H,11H2,1-2H3. The molecule has 4 nitrogen and oxygen atoms in total. The maximum absolute atomic E-state index is 5.80. The average Bonchev–Trinajstić information content (AvgIpc) is 3.22. The molecular formula is C19H19N3O. The molecule has 0 N–H and O–H groups in total. The molecule has 23 heavy (non-hydrogen) atoms. The van der Waals surface area contributed by atoms with Crippen LogP contribution >= 0.6 is 0 Å². The van der Waals surface area contributed by atoms with Crippen molar-refractivity contribution in [1.29, 1.82) is 0 Å². The van der Waals surface area contributed by atoms with Crippen molar-refractivity contribution < 1.29 is 4.74 Å². The van der Waals surface area contributed by atoms with Gasteiger partial charge < -0.3 is 4.74 Å². The minimum Gasteiger partial charge on any atom is -0.475 e. The first-order chi connectivity index (χ1) is 11.2. The summed E-state index contributed by atoms with van der Waals surface area (Å²) >= 11 is 0. The molecule has 2 aromatic carbocycles. The Labute approximate surface area is 135 Å². The summed E-state index contributed by atoms with van der Waals surface area (Å²) in [7, 11) is 0. The van der Waals surface area contributed by atoms with Gasteiger partial charge in [0, 0.05) is 11.3 Å². The van der Waals surface area contributed by atoms with Crippen LogP contribution in [-0.4, -0.2) is 28.1 Å². The maximum Gasteiger partial charge on any atom is 0.216 e. The molecule has 0 saturated heterocycles. The summed E-state index contributed by atoms with van der Waals surface area (Å²) < 4.78 is 7.89. The number of rotatable bonds is 3. The minimum atomic E-state index is 0.253. The van der Waals surface area contributed by atoms with Crippen molar-refractivity contribution in [3.05, 3.63) is 60.4 Å². The lowest BCUT2D eigenvalue weighted by atomic mass is 10.1. The summed E-state index contributed by atoms with van der Waals surface area (Å²) in [5.74, 6) is 1.24. The number of nitrogens with zero attached hydrogens (tertiary/aromatic N) is 3. The van der Waals surface area contributed by atoms with Gasteiger partial charge in [0.2, 0.25) is 5.90 Å². The zero-order valence-electron chi connectivity index (χ0n) is 13.3. The number of imidazole rings is 1. The Morgan fingerprint density at radius 2 is 2.00 bits per heavy atom. The van der Waals surface area contributed by atoms with Gasteiger partial charge in [0.15, 0.2) is 0 Å². The van der Waals surface area contributed by atoms with Crippen LogP contribution < -0.4 is 0 Å². The van der Waals surface area contributed by atoms with Crippen molar-refractivity contribution in [3.63, 3.8) is 0 Å². The van der Waals surface area contributed by atoms with Gasteiger partial charge in [-0.2, -0.15) is 0 Å². The quantitative estimate of drug-likeness (QED) is 0.738. The van der Waals surface area contributed by atoms with Gasteiger partial charge in [0.1, 0.15) is 12.9 Å². The monoisotopic (exact) mass is 305 g/mol. The Hall–Kier alpha value is -2.62. The zero-order chi connectivity index (χ0) is 15.8. The number of fused-ring (bicyclic) bond motifs is 1. The molecule has 1 aliphatic heterocycles. The van der Waals surface area contributed by atoms with Gasteiger partial charge in [0.05, 0.1) is 17.1 Å². The van der Waals surface area contributed by atoms with Crippen LogP contribution in [-0.2, 0) is 4.74 Å². The van der Waals surface area contributed by atoms with Crippen molar-refractivity contribution in [1.82, 2.24) is 9.55 Å². The molecule has 1 unspecified atom stereocenters. The number of hydrogen-bond donors (Lipinski definition) is 0. The Morgan fingerprint density at radius 1 is 1.13 bits per heavy atom. The lowest BCUT2D eigenvalue weighted by Gasteiger charge is -2.07. The van der Waals surface area contributed by atoms with E-state index in [-0.39, 0.29) is 6.04 Å². The highest BCUT2D eigenvalue weighted by atomic mass is 16.5. The summed E-state index contributed by atoms with van der Waals surface area (Å²) in [6.07, 6.45) is 1.86. The van der Waals surface area contributed by atoms with E-state index in [1.807, 2.05) is 36.7 Å². The molecule has 1 atom stereocenters. The summed E-state index contributed by atoms with van der Waals surface area (Å²) in [5.41, 5.74) is 4.17. The SMILES string of the molecule is CC(C)C1COC(c2cccc(-n3cnc4ccccc43)c2)=N1. The molecule has 1 aliphatic rings. The van der Waals surface area contributed by atoms with Crippen molar-refractivity contribution in [3.8, 4) is 5.69 Å². The van der Waals surface area contributed by atoms with Gasteiger partial charge in [0.25, 0.3) is 0 Å². The number of ether oxygens (including phenoxy) is 1. The highest BCUT2D eigenvalue weighted by Gasteiger charge is 2.22. The van der Waals surface area contributed by atoms with Crippen LogP contribution in [0.25, 0.3) is 16.7 Å². The van der Waals surface area contributed by atoms with Gasteiger partial charge in [-0.15, -0.1) is 0 Å². The van der Waals surface area contributed by atoms with Crippen molar-refractivity contribution >= 4 is 16.9 Å². The van der Waals surface area contributed by atoms with E-state index in [1.165, 1.54) is 0 Å². The molecule has 1 aromatic heterocycles. The average molecular weight is 305 g/mol. The van der Waals surface area contributed by atoms with E-state index in [2.05, 4.69) is 41.6 Å². The summed E-state index contributed by atoms with van der Waals surface area (Å²) in [6.45, 7) is 5.02. The second-order valence-electron chi connectivity index (χ2n) is 6.21. The van der Waals surface area contributed by atoms with Crippen molar-refractivity contribution in [2.45, 2.75) is 19.9 Å². The van der Waals surface area contributed by atoms with E-state index in [4.69, 9.17) is 9.73 Å². The van der Waals surface area contributed by atoms with E-state index in [0.717, 1.165) is 28.2 Å². The number of aliphatic imine (C=N–C) groups is 1. The van der Waals surface area contributed by atoms with E-state index in [0.29, 0.717) is 12.5 Å². The number of para-hydroxylation sites is 2. The fourth-order valence-electron chi connectivity index (χ4n) is 2.84. The van der Waals surface area contributed by atoms with Crippen LogP contribution in [0.4, 0.5) is 0 Å². The third-order valence-corrected chi connectivity index (χ3v) is 4.27. The van der Waals surface area contributed by atoms with Crippen LogP contribution in [0.15, 0.2) is 59.9 Å². The molecule has 3 aromatic rings. The highest BCUT2D eigenvalue weighted by molar-refractivity contribution is 5.95. The van der Waals surface area contributed by atoms with Crippen LogP contribution in [0.1, 0.15) is 19.4 Å². The Balaban J connectivity index is 1.74. The van der Waals surface area contributed by atoms with E-state index in [1.54, 1.807) is 0 Å². The maximum atomic E-state index is 5.80. The number of hydrogen-bond acceptors (Lipinski definition) is 3. The smallest absolute Gasteiger partial charge is 0.216 e. The minimum absolute atomic E-state index is 0.253. The van der Waals surface area contributed by atoms with Gasteiger partial charge in [-0.05, 0) is 36.2 Å². The molecule has 0 spiro atoms. The lowest BCUT2D eigenvalue weighted by Crippen LogP contribution is -2.13. The van der Waals surface area contributed by atoms with Gasteiger partial charge >= 0.3 is 0 Å². The van der Waals surface area contributed by atoms with E-state index in [9.17, 15) is 0 Å². The van der Waals surface area contributed by atoms with Gasteiger partial charge in [-0.3, -0.25) is 4.57 Å². The first-order valence-corrected chi connectivity index (χ1v) is 7.96. The Bertz CT molecular complexity index is 879. The molecule has 0 saturated carbocycles. The molecular weight excluding hydrogens is 286 g/mol. The molecule has 0 aliphatic carbocycles. The predicted molar refractivity (Wildman–Crippen MR) is 92.2 cm³/mol. The molecule has 0 radical (unpaired) electrons. The largest absolute Gasteiger partial charge is 0.475 e. The van der Waals surface area contributed by atoms with Crippen LogP contribution in [0.5, 0.6) is 0 Å². The molecule has 0 bridgehead atoms. The Morgan fingerprint density at radius 3 is 2.83 bits per heavy atom. The van der Waals surface area contributed by atoms with Crippen molar-refractivity contribution in [2.75, 3.05) is 6.61 Å². The summed E-state index contributed by atoms with van der Waals surface area (Å²) in [5, 5.41) is 0. The molecule has 4 heteroatoms. The van der Waals surface area contributed by atoms with E-state index >= 15 is 0 Å². The molecule has 2 heterocycles. The summed E-state index contributed by atoms with van der Waals surface area (Å²) in [4.78, 5) is 9.17. The highest BCUT2D eigenvalue weighted by Crippen LogP contribution is 2.22. The fraction of sp³-hybridized carbons (Fsp3) is 0.263. The zero-order valence-corrected chi connectivity index (χ0v) is 13.3. The van der Waals surface area contributed by atoms with E-state index < -0.39 is 0 Å².